The van der Waals surface area contributed by atoms with Crippen molar-refractivity contribution in [1.29, 1.82) is 0 Å². The van der Waals surface area contributed by atoms with Gasteiger partial charge in [0.1, 0.15) is 0 Å². The Morgan fingerprint density at radius 3 is 2.46 bits per heavy atom. The topological polar surface area (TPSA) is 60.9 Å². The summed E-state index contributed by atoms with van der Waals surface area (Å²) in [5, 5.41) is 9.98. The Balaban J connectivity index is 1.75. The zero-order valence-corrected chi connectivity index (χ0v) is 14.4. The van der Waals surface area contributed by atoms with Gasteiger partial charge in [0.2, 0.25) is 5.91 Å². The molecule has 1 N–H and O–H groups in total. The molecule has 1 aromatic rings. The summed E-state index contributed by atoms with van der Waals surface area (Å²) in [5.74, 6) is 0.255. The fourth-order valence-electron chi connectivity index (χ4n) is 3.54. The van der Waals surface area contributed by atoms with Gasteiger partial charge in [0.05, 0.1) is 17.4 Å². The normalized spacial score (nSPS) is 23.1. The van der Waals surface area contributed by atoms with E-state index in [1.807, 2.05) is 18.2 Å². The van der Waals surface area contributed by atoms with Gasteiger partial charge >= 0.3 is 0 Å². The zero-order valence-electron chi connectivity index (χ0n) is 14.4. The largest absolute Gasteiger partial charge is 0.393 e. The van der Waals surface area contributed by atoms with Crippen molar-refractivity contribution in [3.8, 4) is 0 Å². The van der Waals surface area contributed by atoms with Crippen LogP contribution in [-0.4, -0.2) is 48.6 Å². The van der Waals surface area contributed by atoms with Gasteiger partial charge in [-0.3, -0.25) is 9.59 Å². The molecule has 24 heavy (non-hydrogen) atoms. The minimum Gasteiger partial charge on any atom is -0.393 e. The lowest BCUT2D eigenvalue weighted by Gasteiger charge is -2.26. The molecule has 2 unspecified atom stereocenters. The lowest BCUT2D eigenvalue weighted by Crippen LogP contribution is -2.36. The number of aliphatic hydroxyl groups excluding tert-OH is 1. The SMILES string of the molecule is CN(CC1CCCC1O)C(=O)c1ccccc1N(C)C(=O)C1CC1. The van der Waals surface area contributed by atoms with Crippen molar-refractivity contribution in [2.75, 3.05) is 25.5 Å². The molecule has 2 amide bonds. The van der Waals surface area contributed by atoms with Gasteiger partial charge in [-0.1, -0.05) is 18.6 Å². The number of rotatable bonds is 5. The fraction of sp³-hybridized carbons (Fsp3) is 0.579. The van der Waals surface area contributed by atoms with Crippen LogP contribution >= 0.6 is 0 Å². The van der Waals surface area contributed by atoms with E-state index in [-0.39, 0.29) is 29.8 Å². The van der Waals surface area contributed by atoms with E-state index in [1.165, 1.54) is 0 Å². The van der Waals surface area contributed by atoms with Crippen LogP contribution in [0.25, 0.3) is 0 Å². The summed E-state index contributed by atoms with van der Waals surface area (Å²) in [6.07, 6.45) is 4.37. The third kappa shape index (κ3) is 3.46. The van der Waals surface area contributed by atoms with Crippen molar-refractivity contribution in [2.24, 2.45) is 11.8 Å². The molecule has 2 aliphatic rings. The number of hydrogen-bond donors (Lipinski definition) is 1. The minimum absolute atomic E-state index is 0.0871. The molecule has 2 saturated carbocycles. The molecule has 0 bridgehead atoms. The van der Waals surface area contributed by atoms with E-state index < -0.39 is 0 Å². The average Bonchev–Trinajstić information content (AvgIpc) is 3.37. The van der Waals surface area contributed by atoms with Gasteiger partial charge in [-0.2, -0.15) is 0 Å². The Bertz CT molecular complexity index is 627. The number of benzene rings is 1. The summed E-state index contributed by atoms with van der Waals surface area (Å²) in [6.45, 7) is 0.550. The number of hydrogen-bond acceptors (Lipinski definition) is 3. The molecule has 0 aliphatic heterocycles. The zero-order chi connectivity index (χ0) is 17.3. The van der Waals surface area contributed by atoms with Crippen LogP contribution in [-0.2, 0) is 4.79 Å². The van der Waals surface area contributed by atoms with E-state index in [2.05, 4.69) is 0 Å². The van der Waals surface area contributed by atoms with Gasteiger partial charge in [-0.15, -0.1) is 0 Å². The first-order chi connectivity index (χ1) is 11.5. The number of para-hydroxylation sites is 1. The molecule has 0 spiro atoms. The second-order valence-electron chi connectivity index (χ2n) is 7.13. The second kappa shape index (κ2) is 6.93. The maximum atomic E-state index is 12.9. The van der Waals surface area contributed by atoms with Crippen molar-refractivity contribution in [1.82, 2.24) is 4.90 Å². The quantitative estimate of drug-likeness (QED) is 0.901. The van der Waals surface area contributed by atoms with Crippen LogP contribution in [0.4, 0.5) is 5.69 Å². The molecule has 2 fully saturated rings. The van der Waals surface area contributed by atoms with Crippen molar-refractivity contribution in [2.45, 2.75) is 38.2 Å². The molecule has 130 valence electrons. The van der Waals surface area contributed by atoms with Gasteiger partial charge in [-0.05, 0) is 37.8 Å². The number of amides is 2. The van der Waals surface area contributed by atoms with E-state index >= 15 is 0 Å². The Kier molecular flexibility index (Phi) is 4.90. The predicted octanol–water partition coefficient (Wildman–Crippen LogP) is 2.29. The van der Waals surface area contributed by atoms with Crippen molar-refractivity contribution < 1.29 is 14.7 Å². The van der Waals surface area contributed by atoms with Gasteiger partial charge in [0.25, 0.3) is 5.91 Å². The lowest BCUT2D eigenvalue weighted by atomic mass is 10.0. The summed E-state index contributed by atoms with van der Waals surface area (Å²) in [4.78, 5) is 28.5. The summed E-state index contributed by atoms with van der Waals surface area (Å²) < 4.78 is 0. The molecular weight excluding hydrogens is 304 g/mol. The van der Waals surface area contributed by atoms with Gasteiger partial charge in [0.15, 0.2) is 0 Å². The van der Waals surface area contributed by atoms with Crippen LogP contribution in [0.1, 0.15) is 42.5 Å². The first kappa shape index (κ1) is 17.0. The highest BCUT2D eigenvalue weighted by Gasteiger charge is 2.34. The number of carbonyl (C=O) groups is 2. The summed E-state index contributed by atoms with van der Waals surface area (Å²) >= 11 is 0. The molecular formula is C19H26N2O3. The van der Waals surface area contributed by atoms with Crippen LogP contribution < -0.4 is 4.90 Å². The van der Waals surface area contributed by atoms with E-state index in [1.54, 1.807) is 30.0 Å². The van der Waals surface area contributed by atoms with E-state index in [9.17, 15) is 14.7 Å². The van der Waals surface area contributed by atoms with Crippen LogP contribution in [0, 0.1) is 11.8 Å². The standard InChI is InChI=1S/C19H26N2O3/c1-20(12-14-6-5-9-17(14)22)19(24)15-7-3-4-8-16(15)21(2)18(23)13-10-11-13/h3-4,7-8,13-14,17,22H,5-6,9-12H2,1-2H3. The van der Waals surface area contributed by atoms with Crippen molar-refractivity contribution >= 4 is 17.5 Å². The first-order valence-corrected chi connectivity index (χ1v) is 8.79. The maximum Gasteiger partial charge on any atom is 0.255 e. The van der Waals surface area contributed by atoms with E-state index in [0.717, 1.165) is 32.1 Å². The molecule has 0 aromatic heterocycles. The Morgan fingerprint density at radius 2 is 1.83 bits per heavy atom. The lowest BCUT2D eigenvalue weighted by molar-refractivity contribution is -0.119. The van der Waals surface area contributed by atoms with Crippen LogP contribution in [0.3, 0.4) is 0 Å². The number of aliphatic hydroxyl groups is 1. The highest BCUT2D eigenvalue weighted by Crippen LogP contribution is 2.33. The minimum atomic E-state index is -0.311. The Hall–Kier alpha value is -1.88. The van der Waals surface area contributed by atoms with Gasteiger partial charge in [-0.25, -0.2) is 0 Å². The Morgan fingerprint density at radius 1 is 1.12 bits per heavy atom. The number of carbonyl (C=O) groups excluding carboxylic acids is 2. The number of nitrogens with zero attached hydrogens (tertiary/aromatic N) is 2. The van der Waals surface area contributed by atoms with E-state index in [4.69, 9.17) is 0 Å². The molecule has 0 radical (unpaired) electrons. The molecule has 5 nitrogen and oxygen atoms in total. The smallest absolute Gasteiger partial charge is 0.255 e. The predicted molar refractivity (Wildman–Crippen MR) is 92.9 cm³/mol. The summed E-state index contributed by atoms with van der Waals surface area (Å²) in [5.41, 5.74) is 1.21. The third-order valence-corrected chi connectivity index (χ3v) is 5.23. The monoisotopic (exact) mass is 330 g/mol. The van der Waals surface area contributed by atoms with Crippen molar-refractivity contribution in [3.63, 3.8) is 0 Å². The second-order valence-corrected chi connectivity index (χ2v) is 7.13. The van der Waals surface area contributed by atoms with Crippen LogP contribution in [0.2, 0.25) is 0 Å². The Labute approximate surface area is 143 Å². The molecule has 2 aliphatic carbocycles. The summed E-state index contributed by atoms with van der Waals surface area (Å²) in [6, 6.07) is 7.27. The molecule has 1 aromatic carbocycles. The highest BCUT2D eigenvalue weighted by molar-refractivity contribution is 6.05. The summed E-state index contributed by atoms with van der Waals surface area (Å²) in [7, 11) is 3.51. The average molecular weight is 330 g/mol. The maximum absolute atomic E-state index is 12.9. The highest BCUT2D eigenvalue weighted by atomic mass is 16.3. The van der Waals surface area contributed by atoms with Crippen molar-refractivity contribution in [3.05, 3.63) is 29.8 Å². The first-order valence-electron chi connectivity index (χ1n) is 8.79. The molecule has 0 heterocycles. The third-order valence-electron chi connectivity index (χ3n) is 5.23. The fourth-order valence-corrected chi connectivity index (χ4v) is 3.54. The van der Waals surface area contributed by atoms with Crippen LogP contribution in [0.15, 0.2) is 24.3 Å². The van der Waals surface area contributed by atoms with Gasteiger partial charge < -0.3 is 14.9 Å². The molecule has 2 atom stereocenters. The molecule has 0 saturated heterocycles. The molecule has 5 heteroatoms. The van der Waals surface area contributed by atoms with Gasteiger partial charge in [0, 0.05) is 32.5 Å². The molecule has 3 rings (SSSR count). The van der Waals surface area contributed by atoms with E-state index in [0.29, 0.717) is 17.8 Å². The number of anilines is 1. The van der Waals surface area contributed by atoms with Crippen LogP contribution in [0.5, 0.6) is 0 Å².